The lowest BCUT2D eigenvalue weighted by Gasteiger charge is -2.16. The Labute approximate surface area is 102 Å². The quantitative estimate of drug-likeness (QED) is 0.780. The minimum atomic E-state index is 0.249. The molecule has 17 heavy (non-hydrogen) atoms. The number of anilines is 1. The van der Waals surface area contributed by atoms with E-state index in [-0.39, 0.29) is 6.04 Å². The Morgan fingerprint density at radius 2 is 1.76 bits per heavy atom. The summed E-state index contributed by atoms with van der Waals surface area (Å²) < 4.78 is 0. The van der Waals surface area contributed by atoms with Crippen LogP contribution in [0.2, 0.25) is 0 Å². The summed E-state index contributed by atoms with van der Waals surface area (Å²) in [5.41, 5.74) is 3.54. The molecule has 2 heteroatoms. The molecular weight excluding hydrogens is 210 g/mol. The molecule has 2 aromatic rings. The molecule has 0 saturated heterocycles. The smallest absolute Gasteiger partial charge is 0.115 e. The fourth-order valence-corrected chi connectivity index (χ4v) is 1.83. The van der Waals surface area contributed by atoms with Gasteiger partial charge in [0.15, 0.2) is 0 Å². The maximum atomic E-state index is 9.22. The van der Waals surface area contributed by atoms with Gasteiger partial charge in [-0.15, -0.1) is 0 Å². The Morgan fingerprint density at radius 3 is 2.41 bits per heavy atom. The summed E-state index contributed by atoms with van der Waals surface area (Å²) in [4.78, 5) is 0. The number of aryl methyl sites for hydroxylation is 1. The third-order valence-electron chi connectivity index (χ3n) is 2.79. The van der Waals surface area contributed by atoms with E-state index in [0.717, 1.165) is 5.69 Å². The number of hydrogen-bond acceptors (Lipinski definition) is 2. The van der Waals surface area contributed by atoms with Crippen LogP contribution in [0.4, 0.5) is 5.69 Å². The van der Waals surface area contributed by atoms with Crippen molar-refractivity contribution in [1.29, 1.82) is 0 Å². The minimum absolute atomic E-state index is 0.249. The van der Waals surface area contributed by atoms with Crippen molar-refractivity contribution in [3.05, 3.63) is 59.7 Å². The van der Waals surface area contributed by atoms with Gasteiger partial charge in [-0.3, -0.25) is 0 Å². The molecule has 0 aliphatic rings. The zero-order valence-corrected chi connectivity index (χ0v) is 10.1. The molecule has 0 aliphatic carbocycles. The first kappa shape index (κ1) is 11.5. The Balaban J connectivity index is 2.11. The second-order valence-corrected chi connectivity index (χ2v) is 4.33. The molecule has 0 heterocycles. The van der Waals surface area contributed by atoms with Crippen molar-refractivity contribution in [2.45, 2.75) is 19.9 Å². The van der Waals surface area contributed by atoms with Gasteiger partial charge in [-0.2, -0.15) is 0 Å². The van der Waals surface area contributed by atoms with E-state index in [1.54, 1.807) is 12.1 Å². The molecule has 0 bridgehead atoms. The highest BCUT2D eigenvalue weighted by Gasteiger charge is 2.04. The Hall–Kier alpha value is -1.96. The SMILES string of the molecule is Cc1cccc(C(C)Nc2ccc(O)cc2)c1. The summed E-state index contributed by atoms with van der Waals surface area (Å²) in [5.74, 6) is 0.291. The lowest BCUT2D eigenvalue weighted by Crippen LogP contribution is -2.06. The summed E-state index contributed by atoms with van der Waals surface area (Å²) in [6.07, 6.45) is 0. The molecule has 0 fully saturated rings. The summed E-state index contributed by atoms with van der Waals surface area (Å²) in [5, 5.41) is 12.6. The molecule has 88 valence electrons. The molecule has 1 unspecified atom stereocenters. The van der Waals surface area contributed by atoms with Gasteiger partial charge in [-0.25, -0.2) is 0 Å². The molecule has 2 N–H and O–H groups in total. The highest BCUT2D eigenvalue weighted by atomic mass is 16.3. The molecule has 0 saturated carbocycles. The summed E-state index contributed by atoms with van der Waals surface area (Å²) in [6.45, 7) is 4.22. The Bertz CT molecular complexity index is 491. The van der Waals surface area contributed by atoms with E-state index in [1.807, 2.05) is 12.1 Å². The lowest BCUT2D eigenvalue weighted by atomic mass is 10.1. The Morgan fingerprint density at radius 1 is 1.06 bits per heavy atom. The largest absolute Gasteiger partial charge is 0.508 e. The fraction of sp³-hybridized carbons (Fsp3) is 0.200. The standard InChI is InChI=1S/C15H17NO/c1-11-4-3-5-13(10-11)12(2)16-14-6-8-15(17)9-7-14/h3-10,12,16-17H,1-2H3. The molecule has 0 spiro atoms. The lowest BCUT2D eigenvalue weighted by molar-refractivity contribution is 0.475. The predicted octanol–water partition coefficient (Wildman–Crippen LogP) is 3.87. The third-order valence-corrected chi connectivity index (χ3v) is 2.79. The van der Waals surface area contributed by atoms with Crippen LogP contribution in [0, 0.1) is 6.92 Å². The minimum Gasteiger partial charge on any atom is -0.508 e. The van der Waals surface area contributed by atoms with E-state index >= 15 is 0 Å². The van der Waals surface area contributed by atoms with Gasteiger partial charge < -0.3 is 10.4 Å². The van der Waals surface area contributed by atoms with Crippen LogP contribution in [-0.2, 0) is 0 Å². The number of aromatic hydroxyl groups is 1. The summed E-state index contributed by atoms with van der Waals surface area (Å²) in [6, 6.07) is 15.8. The maximum absolute atomic E-state index is 9.22. The van der Waals surface area contributed by atoms with Gasteiger partial charge in [0.25, 0.3) is 0 Å². The highest BCUT2D eigenvalue weighted by molar-refractivity contribution is 5.48. The second kappa shape index (κ2) is 4.91. The number of rotatable bonds is 3. The van der Waals surface area contributed by atoms with Crippen molar-refractivity contribution in [3.8, 4) is 5.75 Å². The summed E-state index contributed by atoms with van der Waals surface area (Å²) >= 11 is 0. The first-order valence-corrected chi connectivity index (χ1v) is 5.77. The van der Waals surface area contributed by atoms with Gasteiger partial charge in [0.2, 0.25) is 0 Å². The van der Waals surface area contributed by atoms with Crippen LogP contribution in [0.25, 0.3) is 0 Å². The molecule has 2 nitrogen and oxygen atoms in total. The van der Waals surface area contributed by atoms with Crippen LogP contribution in [0.5, 0.6) is 5.75 Å². The fourth-order valence-electron chi connectivity index (χ4n) is 1.83. The van der Waals surface area contributed by atoms with Crippen LogP contribution in [0.3, 0.4) is 0 Å². The van der Waals surface area contributed by atoms with E-state index in [2.05, 4.69) is 43.4 Å². The van der Waals surface area contributed by atoms with Gasteiger partial charge in [0.05, 0.1) is 0 Å². The van der Waals surface area contributed by atoms with E-state index in [1.165, 1.54) is 11.1 Å². The van der Waals surface area contributed by atoms with Crippen molar-refractivity contribution < 1.29 is 5.11 Å². The van der Waals surface area contributed by atoms with Gasteiger partial charge >= 0.3 is 0 Å². The molecule has 0 radical (unpaired) electrons. The molecular formula is C15H17NO. The van der Waals surface area contributed by atoms with E-state index in [0.29, 0.717) is 5.75 Å². The van der Waals surface area contributed by atoms with Gasteiger partial charge in [-0.1, -0.05) is 29.8 Å². The van der Waals surface area contributed by atoms with Crippen LogP contribution < -0.4 is 5.32 Å². The first-order chi connectivity index (χ1) is 8.15. The second-order valence-electron chi connectivity index (χ2n) is 4.33. The Kier molecular flexibility index (Phi) is 3.33. The monoisotopic (exact) mass is 227 g/mol. The third kappa shape index (κ3) is 3.00. The molecule has 0 aromatic heterocycles. The number of phenols is 1. The molecule has 1 atom stereocenters. The van der Waals surface area contributed by atoms with Crippen molar-refractivity contribution in [2.24, 2.45) is 0 Å². The average molecular weight is 227 g/mol. The molecule has 0 aliphatic heterocycles. The molecule has 2 aromatic carbocycles. The van der Waals surface area contributed by atoms with Crippen molar-refractivity contribution in [3.63, 3.8) is 0 Å². The maximum Gasteiger partial charge on any atom is 0.115 e. The van der Waals surface area contributed by atoms with E-state index in [4.69, 9.17) is 0 Å². The van der Waals surface area contributed by atoms with E-state index in [9.17, 15) is 5.11 Å². The normalized spacial score (nSPS) is 12.1. The van der Waals surface area contributed by atoms with Crippen LogP contribution in [0.15, 0.2) is 48.5 Å². The topological polar surface area (TPSA) is 32.3 Å². The highest BCUT2D eigenvalue weighted by Crippen LogP contribution is 2.21. The van der Waals surface area contributed by atoms with Gasteiger partial charge in [-0.05, 0) is 43.7 Å². The van der Waals surface area contributed by atoms with Crippen LogP contribution >= 0.6 is 0 Å². The van der Waals surface area contributed by atoms with Gasteiger partial charge in [0.1, 0.15) is 5.75 Å². The zero-order chi connectivity index (χ0) is 12.3. The van der Waals surface area contributed by atoms with Crippen molar-refractivity contribution in [1.82, 2.24) is 0 Å². The number of benzene rings is 2. The predicted molar refractivity (Wildman–Crippen MR) is 71.3 cm³/mol. The molecule has 0 amide bonds. The zero-order valence-electron chi connectivity index (χ0n) is 10.1. The first-order valence-electron chi connectivity index (χ1n) is 5.77. The van der Waals surface area contributed by atoms with Crippen molar-refractivity contribution >= 4 is 5.69 Å². The number of nitrogens with one attached hydrogen (secondary N) is 1. The van der Waals surface area contributed by atoms with Crippen molar-refractivity contribution in [2.75, 3.05) is 5.32 Å². The van der Waals surface area contributed by atoms with Gasteiger partial charge in [0, 0.05) is 11.7 Å². The summed E-state index contributed by atoms with van der Waals surface area (Å²) in [7, 11) is 0. The van der Waals surface area contributed by atoms with Crippen LogP contribution in [0.1, 0.15) is 24.1 Å². The number of phenolic OH excluding ortho intramolecular Hbond substituents is 1. The number of hydrogen-bond donors (Lipinski definition) is 2. The van der Waals surface area contributed by atoms with E-state index < -0.39 is 0 Å². The van der Waals surface area contributed by atoms with Crippen LogP contribution in [-0.4, -0.2) is 5.11 Å². The average Bonchev–Trinajstić information content (AvgIpc) is 2.32. The molecule has 2 rings (SSSR count).